The smallest absolute Gasteiger partial charge is 0.270 e. The van der Waals surface area contributed by atoms with Crippen molar-refractivity contribution in [1.29, 1.82) is 5.26 Å². The van der Waals surface area contributed by atoms with Gasteiger partial charge in [-0.3, -0.25) is 19.4 Å². The van der Waals surface area contributed by atoms with E-state index in [9.17, 15) is 14.9 Å². The van der Waals surface area contributed by atoms with Crippen LogP contribution >= 0.6 is 0 Å². The number of hydroxylamine groups is 2. The lowest BCUT2D eigenvalue weighted by Crippen LogP contribution is -2.57. The predicted molar refractivity (Wildman–Crippen MR) is 125 cm³/mol. The number of likely N-dealkylation sites (N-methyl/N-ethyl adjacent to an activating group) is 1. The number of pyridine rings is 1. The lowest BCUT2D eigenvalue weighted by Gasteiger charge is -2.36. The van der Waals surface area contributed by atoms with Crippen LogP contribution in [0.5, 0.6) is 0 Å². The maximum atomic E-state index is 13.3. The highest BCUT2D eigenvalue weighted by Crippen LogP contribution is 2.33. The van der Waals surface area contributed by atoms with E-state index in [-0.39, 0.29) is 29.8 Å². The Morgan fingerprint density at radius 2 is 2.00 bits per heavy atom. The van der Waals surface area contributed by atoms with E-state index >= 15 is 0 Å². The van der Waals surface area contributed by atoms with E-state index in [1.165, 1.54) is 11.3 Å². The number of nitriles is 1. The Balaban J connectivity index is 1.19. The minimum absolute atomic E-state index is 0.0472. The Kier molecular flexibility index (Phi) is 6.57. The summed E-state index contributed by atoms with van der Waals surface area (Å²) in [5, 5.41) is 13.6. The fourth-order valence-electron chi connectivity index (χ4n) is 4.87. The Labute approximate surface area is 203 Å². The van der Waals surface area contributed by atoms with Crippen molar-refractivity contribution in [3.05, 3.63) is 47.5 Å². The molecule has 3 fully saturated rings. The monoisotopic (exact) mass is 476 g/mol. The van der Waals surface area contributed by atoms with Crippen molar-refractivity contribution in [2.45, 2.75) is 31.3 Å². The average molecular weight is 477 g/mol. The number of carbonyl (C=O) groups is 2. The average Bonchev–Trinajstić information content (AvgIpc) is 3.37. The van der Waals surface area contributed by atoms with Gasteiger partial charge in [-0.05, 0) is 37.6 Å². The molecule has 2 aromatic rings. The van der Waals surface area contributed by atoms with Crippen LogP contribution in [0.2, 0.25) is 0 Å². The highest BCUT2D eigenvalue weighted by molar-refractivity contribution is 5.92. The number of amides is 2. The van der Waals surface area contributed by atoms with Gasteiger partial charge in [0, 0.05) is 57.1 Å². The normalized spacial score (nSPS) is 21.4. The SMILES string of the molecule is CN1CC(NC(=O)c2ccnc(N3CCC(C(=O)N4OCC[C@H]4c4cncc(C#N)c4)CC3)n2)C1. The zero-order chi connectivity index (χ0) is 24.4. The molecule has 1 atom stereocenters. The first-order valence-electron chi connectivity index (χ1n) is 11.9. The lowest BCUT2D eigenvalue weighted by molar-refractivity contribution is -0.182. The summed E-state index contributed by atoms with van der Waals surface area (Å²) in [6, 6.07) is 5.40. The predicted octanol–water partition coefficient (Wildman–Crippen LogP) is 0.909. The van der Waals surface area contributed by atoms with Gasteiger partial charge in [-0.2, -0.15) is 5.26 Å². The molecule has 11 heteroatoms. The van der Waals surface area contributed by atoms with Crippen molar-refractivity contribution >= 4 is 17.8 Å². The molecule has 3 saturated heterocycles. The molecular weight excluding hydrogens is 448 g/mol. The van der Waals surface area contributed by atoms with Crippen LogP contribution in [0.1, 0.15) is 46.9 Å². The zero-order valence-corrected chi connectivity index (χ0v) is 19.6. The number of nitrogens with zero attached hydrogens (tertiary/aromatic N) is 7. The zero-order valence-electron chi connectivity index (χ0n) is 19.6. The Morgan fingerprint density at radius 1 is 1.20 bits per heavy atom. The number of rotatable bonds is 5. The number of anilines is 1. The van der Waals surface area contributed by atoms with Crippen LogP contribution in [-0.4, -0.2) is 82.6 Å². The molecule has 182 valence electrons. The molecule has 0 bridgehead atoms. The van der Waals surface area contributed by atoms with E-state index in [0.717, 1.165) is 18.7 Å². The molecule has 5 heterocycles. The minimum Gasteiger partial charge on any atom is -0.345 e. The largest absolute Gasteiger partial charge is 0.345 e. The second-order valence-electron chi connectivity index (χ2n) is 9.32. The maximum absolute atomic E-state index is 13.3. The second-order valence-corrected chi connectivity index (χ2v) is 9.32. The summed E-state index contributed by atoms with van der Waals surface area (Å²) in [6.45, 7) is 3.35. The summed E-state index contributed by atoms with van der Waals surface area (Å²) in [5.74, 6) is 0.0861. The van der Waals surface area contributed by atoms with Crippen LogP contribution in [0.4, 0.5) is 5.95 Å². The molecule has 2 amide bonds. The number of nitrogens with one attached hydrogen (secondary N) is 1. The molecule has 3 aliphatic heterocycles. The van der Waals surface area contributed by atoms with Gasteiger partial charge in [0.15, 0.2) is 0 Å². The molecule has 5 rings (SSSR count). The van der Waals surface area contributed by atoms with Crippen LogP contribution in [0.3, 0.4) is 0 Å². The van der Waals surface area contributed by atoms with Crippen LogP contribution in [-0.2, 0) is 9.63 Å². The first kappa shape index (κ1) is 23.1. The van der Waals surface area contributed by atoms with E-state index in [1.807, 2.05) is 11.9 Å². The molecule has 1 N–H and O–H groups in total. The van der Waals surface area contributed by atoms with E-state index in [0.29, 0.717) is 56.2 Å². The van der Waals surface area contributed by atoms with Gasteiger partial charge in [-0.25, -0.2) is 15.0 Å². The Morgan fingerprint density at radius 3 is 2.74 bits per heavy atom. The third-order valence-corrected chi connectivity index (χ3v) is 6.80. The Bertz CT molecular complexity index is 1140. The van der Waals surface area contributed by atoms with Gasteiger partial charge in [-0.1, -0.05) is 0 Å². The van der Waals surface area contributed by atoms with Crippen molar-refractivity contribution in [2.75, 3.05) is 44.7 Å². The standard InChI is InChI=1S/C24H28N8O3/c1-30-14-19(15-30)28-22(33)20-2-6-27-24(29-20)31-7-3-17(4-8-31)23(34)32-21(5-9-35-32)18-10-16(11-25)12-26-13-18/h2,6,10,12-13,17,19,21H,3-5,7-9,14-15H2,1H3,(H,28,33)/t21-/m0/s1. The fourth-order valence-corrected chi connectivity index (χ4v) is 4.87. The lowest BCUT2D eigenvalue weighted by atomic mass is 9.94. The summed E-state index contributed by atoms with van der Waals surface area (Å²) >= 11 is 0. The molecule has 0 saturated carbocycles. The molecule has 3 aliphatic rings. The molecule has 0 spiro atoms. The number of likely N-dealkylation sites (tertiary alicyclic amines) is 1. The molecule has 11 nitrogen and oxygen atoms in total. The van der Waals surface area contributed by atoms with Crippen LogP contribution in [0.25, 0.3) is 0 Å². The summed E-state index contributed by atoms with van der Waals surface area (Å²) in [4.78, 5) is 48.7. The molecule has 0 aromatic carbocycles. The summed E-state index contributed by atoms with van der Waals surface area (Å²) in [6.07, 6.45) is 6.74. The third-order valence-electron chi connectivity index (χ3n) is 6.80. The van der Waals surface area contributed by atoms with E-state index < -0.39 is 0 Å². The molecule has 2 aromatic heterocycles. The van der Waals surface area contributed by atoms with E-state index in [2.05, 4.69) is 31.2 Å². The molecular formula is C24H28N8O3. The van der Waals surface area contributed by atoms with Gasteiger partial charge >= 0.3 is 0 Å². The van der Waals surface area contributed by atoms with Gasteiger partial charge in [-0.15, -0.1) is 0 Å². The van der Waals surface area contributed by atoms with Crippen molar-refractivity contribution in [2.24, 2.45) is 5.92 Å². The van der Waals surface area contributed by atoms with Crippen LogP contribution in [0, 0.1) is 17.2 Å². The van der Waals surface area contributed by atoms with Crippen LogP contribution in [0.15, 0.2) is 30.7 Å². The van der Waals surface area contributed by atoms with Gasteiger partial charge in [0.05, 0.1) is 24.3 Å². The third kappa shape index (κ3) is 4.94. The Hall–Kier alpha value is -3.62. The summed E-state index contributed by atoms with van der Waals surface area (Å²) < 4.78 is 0. The van der Waals surface area contributed by atoms with Crippen molar-refractivity contribution in [1.82, 2.24) is 30.2 Å². The van der Waals surface area contributed by atoms with E-state index in [4.69, 9.17) is 4.84 Å². The number of aromatic nitrogens is 3. The van der Waals surface area contributed by atoms with Crippen molar-refractivity contribution < 1.29 is 14.4 Å². The summed E-state index contributed by atoms with van der Waals surface area (Å²) in [7, 11) is 2.01. The number of piperidine rings is 1. The van der Waals surface area contributed by atoms with E-state index in [1.54, 1.807) is 24.5 Å². The number of carbonyl (C=O) groups excluding carboxylic acids is 2. The topological polar surface area (TPSA) is 128 Å². The maximum Gasteiger partial charge on any atom is 0.270 e. The van der Waals surface area contributed by atoms with Gasteiger partial charge in [0.1, 0.15) is 11.8 Å². The van der Waals surface area contributed by atoms with Crippen molar-refractivity contribution in [3.8, 4) is 6.07 Å². The summed E-state index contributed by atoms with van der Waals surface area (Å²) in [5.41, 5.74) is 1.62. The number of hydrogen-bond donors (Lipinski definition) is 1. The first-order valence-corrected chi connectivity index (χ1v) is 11.9. The van der Waals surface area contributed by atoms with Gasteiger partial charge in [0.25, 0.3) is 5.91 Å². The minimum atomic E-state index is -0.240. The second kappa shape index (κ2) is 9.93. The molecule has 0 radical (unpaired) electrons. The van der Waals surface area contributed by atoms with Gasteiger partial charge in [0.2, 0.25) is 11.9 Å². The highest BCUT2D eigenvalue weighted by atomic mass is 16.7. The molecule has 35 heavy (non-hydrogen) atoms. The highest BCUT2D eigenvalue weighted by Gasteiger charge is 2.37. The molecule has 0 unspecified atom stereocenters. The fraction of sp³-hybridized carbons (Fsp3) is 0.500. The molecule has 0 aliphatic carbocycles. The number of hydrogen-bond acceptors (Lipinski definition) is 9. The quantitative estimate of drug-likeness (QED) is 0.670. The van der Waals surface area contributed by atoms with Gasteiger partial charge < -0.3 is 15.1 Å². The van der Waals surface area contributed by atoms with Crippen LogP contribution < -0.4 is 10.2 Å². The first-order chi connectivity index (χ1) is 17.0. The van der Waals surface area contributed by atoms with Crippen molar-refractivity contribution in [3.63, 3.8) is 0 Å².